The Balaban J connectivity index is 2.40. The second-order valence-electron chi connectivity index (χ2n) is 3.56. The third kappa shape index (κ3) is 2.70. The summed E-state index contributed by atoms with van der Waals surface area (Å²) < 4.78 is 31.5. The standard InChI is InChI=1S/C10H9BrN2O4S/c1-6(14)17-5-10-12-8-3-2-7(11)4-9(8)18(15,16)13-10/h2-4H,5H2,1H3,(H,12,13). The van der Waals surface area contributed by atoms with Crippen LogP contribution in [0.15, 0.2) is 32.6 Å². The molecule has 96 valence electrons. The van der Waals surface area contributed by atoms with Gasteiger partial charge in [0.15, 0.2) is 5.84 Å². The van der Waals surface area contributed by atoms with E-state index >= 15 is 0 Å². The monoisotopic (exact) mass is 332 g/mol. The lowest BCUT2D eigenvalue weighted by atomic mass is 10.3. The highest BCUT2D eigenvalue weighted by atomic mass is 79.9. The van der Waals surface area contributed by atoms with Gasteiger partial charge in [0.25, 0.3) is 10.0 Å². The fraction of sp³-hybridized carbons (Fsp3) is 0.200. The van der Waals surface area contributed by atoms with Crippen LogP contribution in [0.2, 0.25) is 0 Å². The van der Waals surface area contributed by atoms with Crippen molar-refractivity contribution in [1.82, 2.24) is 4.72 Å². The number of carbonyl (C=O) groups is 1. The lowest BCUT2D eigenvalue weighted by Crippen LogP contribution is -2.36. The van der Waals surface area contributed by atoms with Crippen molar-refractivity contribution in [1.29, 1.82) is 0 Å². The van der Waals surface area contributed by atoms with Crippen molar-refractivity contribution >= 4 is 43.4 Å². The maximum atomic E-state index is 11.9. The minimum atomic E-state index is -3.66. The maximum absolute atomic E-state index is 11.9. The molecule has 1 aliphatic heterocycles. The molecule has 0 aliphatic carbocycles. The number of esters is 1. The van der Waals surface area contributed by atoms with Crippen molar-refractivity contribution < 1.29 is 17.9 Å². The summed E-state index contributed by atoms with van der Waals surface area (Å²) in [6.45, 7) is 1.03. The Morgan fingerprint density at radius 2 is 2.22 bits per heavy atom. The zero-order valence-electron chi connectivity index (χ0n) is 9.31. The molecule has 6 nitrogen and oxygen atoms in total. The van der Waals surface area contributed by atoms with Gasteiger partial charge in [-0.1, -0.05) is 15.9 Å². The molecule has 0 saturated heterocycles. The molecule has 0 radical (unpaired) electrons. The van der Waals surface area contributed by atoms with Gasteiger partial charge < -0.3 is 4.74 Å². The highest BCUT2D eigenvalue weighted by molar-refractivity contribution is 9.10. The molecule has 8 heteroatoms. The molecule has 2 rings (SSSR count). The van der Waals surface area contributed by atoms with E-state index in [-0.39, 0.29) is 17.3 Å². The molecule has 1 aromatic rings. The summed E-state index contributed by atoms with van der Waals surface area (Å²) in [5.74, 6) is -0.418. The number of sulfonamides is 1. The lowest BCUT2D eigenvalue weighted by molar-refractivity contribution is -0.139. The molecule has 0 fully saturated rings. The van der Waals surface area contributed by atoms with E-state index in [0.29, 0.717) is 10.2 Å². The van der Waals surface area contributed by atoms with Crippen molar-refractivity contribution in [3.8, 4) is 0 Å². The summed E-state index contributed by atoms with van der Waals surface area (Å²) in [7, 11) is -3.66. The number of rotatable bonds is 2. The average Bonchev–Trinajstić information content (AvgIpc) is 2.27. The van der Waals surface area contributed by atoms with Crippen LogP contribution >= 0.6 is 15.9 Å². The molecule has 0 spiro atoms. The first-order chi connectivity index (χ1) is 8.38. The number of aliphatic imine (C=N–C) groups is 1. The number of nitrogens with one attached hydrogen (secondary N) is 1. The number of carbonyl (C=O) groups excluding carboxylic acids is 1. The van der Waals surface area contributed by atoms with E-state index in [1.807, 2.05) is 0 Å². The number of hydrogen-bond acceptors (Lipinski definition) is 5. The molecular weight excluding hydrogens is 324 g/mol. The molecule has 0 amide bonds. The molecule has 1 aromatic carbocycles. The van der Waals surface area contributed by atoms with Crippen molar-refractivity contribution in [3.05, 3.63) is 22.7 Å². The van der Waals surface area contributed by atoms with E-state index in [1.54, 1.807) is 12.1 Å². The molecule has 1 aliphatic rings. The van der Waals surface area contributed by atoms with E-state index in [0.717, 1.165) is 0 Å². The van der Waals surface area contributed by atoms with E-state index in [4.69, 9.17) is 4.74 Å². The van der Waals surface area contributed by atoms with Gasteiger partial charge in [-0.3, -0.25) is 9.52 Å². The van der Waals surface area contributed by atoms with Crippen molar-refractivity contribution in [2.45, 2.75) is 11.8 Å². The molecule has 1 heterocycles. The van der Waals surface area contributed by atoms with Crippen LogP contribution in [-0.2, 0) is 19.6 Å². The Labute approximate surface area is 112 Å². The summed E-state index contributed by atoms with van der Waals surface area (Å²) >= 11 is 3.20. The molecule has 1 N–H and O–H groups in total. The second-order valence-corrected chi connectivity index (χ2v) is 6.12. The van der Waals surface area contributed by atoms with Gasteiger partial charge in [-0.2, -0.15) is 0 Å². The summed E-state index contributed by atoms with van der Waals surface area (Å²) in [5.41, 5.74) is 0.319. The molecule has 0 atom stereocenters. The zero-order chi connectivity index (χ0) is 13.3. The summed E-state index contributed by atoms with van der Waals surface area (Å²) in [6, 6.07) is 4.72. The van der Waals surface area contributed by atoms with Crippen LogP contribution < -0.4 is 4.72 Å². The van der Waals surface area contributed by atoms with E-state index in [2.05, 4.69) is 25.6 Å². The van der Waals surface area contributed by atoms with Crippen molar-refractivity contribution in [3.63, 3.8) is 0 Å². The molecule has 0 bridgehead atoms. The molecular formula is C10H9BrN2O4S. The number of amidine groups is 1. The number of benzene rings is 1. The fourth-order valence-corrected chi connectivity index (χ4v) is 3.11. The Morgan fingerprint density at radius 3 is 2.89 bits per heavy atom. The van der Waals surface area contributed by atoms with Crippen LogP contribution in [0.25, 0.3) is 0 Å². The Kier molecular flexibility index (Phi) is 3.40. The SMILES string of the molecule is CC(=O)OCC1=Nc2ccc(Br)cc2S(=O)(=O)N1. The minimum Gasteiger partial charge on any atom is -0.458 e. The Hall–Kier alpha value is -1.41. The van der Waals surface area contributed by atoms with Crippen molar-refractivity contribution in [2.24, 2.45) is 4.99 Å². The van der Waals surface area contributed by atoms with Gasteiger partial charge in [-0.05, 0) is 18.2 Å². The van der Waals surface area contributed by atoms with E-state index in [1.165, 1.54) is 13.0 Å². The van der Waals surface area contributed by atoms with E-state index < -0.39 is 16.0 Å². The zero-order valence-corrected chi connectivity index (χ0v) is 11.7. The van der Waals surface area contributed by atoms with Crippen LogP contribution in [0.5, 0.6) is 0 Å². The quantitative estimate of drug-likeness (QED) is 0.828. The number of fused-ring (bicyclic) bond motifs is 1. The predicted molar refractivity (Wildman–Crippen MR) is 68.2 cm³/mol. The largest absolute Gasteiger partial charge is 0.458 e. The molecule has 0 unspecified atom stereocenters. The molecule has 0 aromatic heterocycles. The lowest BCUT2D eigenvalue weighted by Gasteiger charge is -2.17. The van der Waals surface area contributed by atoms with E-state index in [9.17, 15) is 13.2 Å². The fourth-order valence-electron chi connectivity index (χ4n) is 1.41. The van der Waals surface area contributed by atoms with Crippen LogP contribution in [0.4, 0.5) is 5.69 Å². The number of hydrogen-bond donors (Lipinski definition) is 1. The Bertz CT molecular complexity index is 639. The van der Waals surface area contributed by atoms with Gasteiger partial charge in [0.05, 0.1) is 5.69 Å². The number of ether oxygens (including phenoxy) is 1. The Morgan fingerprint density at radius 1 is 1.50 bits per heavy atom. The normalized spacial score (nSPS) is 16.2. The molecule has 18 heavy (non-hydrogen) atoms. The first kappa shape index (κ1) is 13.0. The number of nitrogens with zero attached hydrogens (tertiary/aromatic N) is 1. The van der Waals surface area contributed by atoms with Crippen LogP contribution in [0.1, 0.15) is 6.92 Å². The average molecular weight is 333 g/mol. The molecule has 0 saturated carbocycles. The second kappa shape index (κ2) is 4.69. The smallest absolute Gasteiger partial charge is 0.303 e. The number of halogens is 1. The third-order valence-corrected chi connectivity index (χ3v) is 4.03. The first-order valence-electron chi connectivity index (χ1n) is 4.92. The van der Waals surface area contributed by atoms with Gasteiger partial charge in [-0.25, -0.2) is 13.4 Å². The summed E-state index contributed by atoms with van der Waals surface area (Å²) in [4.78, 5) is 14.8. The summed E-state index contributed by atoms with van der Waals surface area (Å²) in [6.07, 6.45) is 0. The van der Waals surface area contributed by atoms with Crippen LogP contribution in [0, 0.1) is 0 Å². The first-order valence-corrected chi connectivity index (χ1v) is 7.19. The predicted octanol–water partition coefficient (Wildman–Crippen LogP) is 1.33. The van der Waals surface area contributed by atoms with Gasteiger partial charge in [-0.15, -0.1) is 0 Å². The third-order valence-electron chi connectivity index (χ3n) is 2.13. The van der Waals surface area contributed by atoms with Gasteiger partial charge in [0.2, 0.25) is 0 Å². The van der Waals surface area contributed by atoms with Crippen LogP contribution in [-0.4, -0.2) is 26.8 Å². The van der Waals surface area contributed by atoms with Crippen molar-refractivity contribution in [2.75, 3.05) is 6.61 Å². The van der Waals surface area contributed by atoms with Crippen LogP contribution in [0.3, 0.4) is 0 Å². The topological polar surface area (TPSA) is 84.8 Å². The highest BCUT2D eigenvalue weighted by Crippen LogP contribution is 2.30. The minimum absolute atomic E-state index is 0.0834. The van der Waals surface area contributed by atoms with Gasteiger partial charge >= 0.3 is 5.97 Å². The van der Waals surface area contributed by atoms with Gasteiger partial charge in [0.1, 0.15) is 11.5 Å². The maximum Gasteiger partial charge on any atom is 0.303 e. The van der Waals surface area contributed by atoms with Gasteiger partial charge in [0, 0.05) is 11.4 Å². The summed E-state index contributed by atoms with van der Waals surface area (Å²) in [5, 5.41) is 0. The highest BCUT2D eigenvalue weighted by Gasteiger charge is 2.25.